The second-order valence-corrected chi connectivity index (χ2v) is 3.30. The topological polar surface area (TPSA) is 35.2 Å². The fourth-order valence-corrected chi connectivity index (χ4v) is 1.27. The number of rotatable bonds is 3. The Morgan fingerprint density at radius 1 is 1.38 bits per heavy atom. The largest absolute Gasteiger partial charge is 0.419 e. The van der Waals surface area contributed by atoms with Gasteiger partial charge in [-0.15, -0.1) is 0 Å². The van der Waals surface area contributed by atoms with Gasteiger partial charge in [-0.25, -0.2) is 4.39 Å². The van der Waals surface area contributed by atoms with Gasteiger partial charge in [-0.05, 0) is 17.7 Å². The van der Waals surface area contributed by atoms with Crippen LogP contribution in [0.15, 0.2) is 18.2 Å². The number of methoxy groups -OCH3 is 1. The van der Waals surface area contributed by atoms with E-state index in [4.69, 9.17) is 10.5 Å². The summed E-state index contributed by atoms with van der Waals surface area (Å²) < 4.78 is 54.7. The number of ether oxygens (including phenoxy) is 1. The monoisotopic (exact) mass is 237 g/mol. The Morgan fingerprint density at radius 2 is 2.00 bits per heavy atom. The number of halogens is 4. The van der Waals surface area contributed by atoms with Crippen molar-refractivity contribution in [2.75, 3.05) is 13.7 Å². The molecule has 0 aromatic heterocycles. The van der Waals surface area contributed by atoms with Crippen LogP contribution in [0, 0.1) is 5.82 Å². The molecule has 0 fully saturated rings. The SMILES string of the molecule is COC[C@@H](N)c1ccc(F)c(C(F)(F)F)c1. The molecular weight excluding hydrogens is 226 g/mol. The molecule has 1 atom stereocenters. The van der Waals surface area contributed by atoms with E-state index in [0.29, 0.717) is 6.07 Å². The maximum atomic E-state index is 12.9. The van der Waals surface area contributed by atoms with Gasteiger partial charge >= 0.3 is 6.18 Å². The number of benzene rings is 1. The molecule has 0 heterocycles. The molecule has 0 spiro atoms. The summed E-state index contributed by atoms with van der Waals surface area (Å²) in [6.07, 6.45) is -4.72. The molecular formula is C10H11F4NO. The van der Waals surface area contributed by atoms with Crippen molar-refractivity contribution in [1.82, 2.24) is 0 Å². The fourth-order valence-electron chi connectivity index (χ4n) is 1.27. The molecule has 0 bridgehead atoms. The van der Waals surface area contributed by atoms with Gasteiger partial charge in [0.25, 0.3) is 0 Å². The highest BCUT2D eigenvalue weighted by Gasteiger charge is 2.34. The average Bonchev–Trinajstić information content (AvgIpc) is 2.16. The molecule has 0 radical (unpaired) electrons. The van der Waals surface area contributed by atoms with Crippen LogP contribution in [0.2, 0.25) is 0 Å². The quantitative estimate of drug-likeness (QED) is 0.820. The summed E-state index contributed by atoms with van der Waals surface area (Å²) in [5.74, 6) is -1.30. The molecule has 1 aromatic rings. The van der Waals surface area contributed by atoms with E-state index in [1.54, 1.807) is 0 Å². The average molecular weight is 237 g/mol. The first kappa shape index (κ1) is 12.9. The van der Waals surface area contributed by atoms with Crippen LogP contribution in [-0.2, 0) is 10.9 Å². The van der Waals surface area contributed by atoms with Gasteiger partial charge in [0.2, 0.25) is 0 Å². The summed E-state index contributed by atoms with van der Waals surface area (Å²) in [7, 11) is 1.38. The van der Waals surface area contributed by atoms with Crippen LogP contribution in [0.1, 0.15) is 17.2 Å². The Labute approximate surface area is 90.0 Å². The smallest absolute Gasteiger partial charge is 0.383 e. The normalized spacial score (nSPS) is 13.9. The number of hydrogen-bond acceptors (Lipinski definition) is 2. The van der Waals surface area contributed by atoms with Crippen molar-refractivity contribution in [2.24, 2.45) is 5.73 Å². The zero-order chi connectivity index (χ0) is 12.3. The molecule has 1 aromatic carbocycles. The Bertz CT molecular complexity index is 364. The van der Waals surface area contributed by atoms with Crippen molar-refractivity contribution < 1.29 is 22.3 Å². The highest BCUT2D eigenvalue weighted by molar-refractivity contribution is 5.29. The van der Waals surface area contributed by atoms with E-state index >= 15 is 0 Å². The summed E-state index contributed by atoms with van der Waals surface area (Å²) in [6, 6.07) is 1.98. The van der Waals surface area contributed by atoms with Gasteiger partial charge in [0.1, 0.15) is 5.82 Å². The Balaban J connectivity index is 3.07. The molecule has 0 aliphatic heterocycles. The third kappa shape index (κ3) is 2.93. The Morgan fingerprint density at radius 3 is 2.50 bits per heavy atom. The summed E-state index contributed by atoms with van der Waals surface area (Å²) in [4.78, 5) is 0. The molecule has 0 aliphatic rings. The lowest BCUT2D eigenvalue weighted by Gasteiger charge is -2.14. The minimum Gasteiger partial charge on any atom is -0.383 e. The van der Waals surface area contributed by atoms with E-state index in [1.165, 1.54) is 13.2 Å². The molecule has 6 heteroatoms. The Kier molecular flexibility index (Phi) is 3.88. The van der Waals surface area contributed by atoms with Gasteiger partial charge in [-0.3, -0.25) is 0 Å². The predicted molar refractivity (Wildman–Crippen MR) is 50.2 cm³/mol. The van der Waals surface area contributed by atoms with E-state index in [9.17, 15) is 17.6 Å². The molecule has 2 N–H and O–H groups in total. The van der Waals surface area contributed by atoms with Crippen molar-refractivity contribution in [3.63, 3.8) is 0 Å². The fraction of sp³-hybridized carbons (Fsp3) is 0.400. The van der Waals surface area contributed by atoms with Crippen molar-refractivity contribution >= 4 is 0 Å². The highest BCUT2D eigenvalue weighted by atomic mass is 19.4. The second-order valence-electron chi connectivity index (χ2n) is 3.30. The van der Waals surface area contributed by atoms with Gasteiger partial charge in [-0.2, -0.15) is 13.2 Å². The van der Waals surface area contributed by atoms with Gasteiger partial charge in [-0.1, -0.05) is 6.07 Å². The molecule has 0 unspecified atom stereocenters. The third-order valence-corrected chi connectivity index (χ3v) is 2.07. The zero-order valence-electron chi connectivity index (χ0n) is 8.51. The van der Waals surface area contributed by atoms with Crippen molar-refractivity contribution in [2.45, 2.75) is 12.2 Å². The van der Waals surface area contributed by atoms with E-state index in [1.807, 2.05) is 0 Å². The highest BCUT2D eigenvalue weighted by Crippen LogP contribution is 2.32. The standard InChI is InChI=1S/C10H11F4NO/c1-16-5-9(15)6-2-3-8(11)7(4-6)10(12,13)14/h2-4,9H,5,15H2,1H3/t9-/m1/s1. The number of alkyl halides is 3. The van der Waals surface area contributed by atoms with E-state index in [2.05, 4.69) is 0 Å². The zero-order valence-corrected chi connectivity index (χ0v) is 8.51. The van der Waals surface area contributed by atoms with Crippen LogP contribution < -0.4 is 5.73 Å². The van der Waals surface area contributed by atoms with Crippen molar-refractivity contribution in [1.29, 1.82) is 0 Å². The van der Waals surface area contributed by atoms with Crippen molar-refractivity contribution in [3.05, 3.63) is 35.1 Å². The number of nitrogens with two attached hydrogens (primary N) is 1. The lowest BCUT2D eigenvalue weighted by molar-refractivity contribution is -0.140. The van der Waals surface area contributed by atoms with E-state index in [-0.39, 0.29) is 12.2 Å². The molecule has 0 aliphatic carbocycles. The van der Waals surface area contributed by atoms with Crippen molar-refractivity contribution in [3.8, 4) is 0 Å². The van der Waals surface area contributed by atoms with Gasteiger partial charge in [0, 0.05) is 7.11 Å². The summed E-state index contributed by atoms with van der Waals surface area (Å²) >= 11 is 0. The van der Waals surface area contributed by atoms with E-state index < -0.39 is 23.6 Å². The molecule has 0 saturated heterocycles. The van der Waals surface area contributed by atoms with Crippen LogP contribution in [0.5, 0.6) is 0 Å². The summed E-state index contributed by atoms with van der Waals surface area (Å²) in [6.45, 7) is 0.0724. The van der Waals surface area contributed by atoms with Crippen LogP contribution in [-0.4, -0.2) is 13.7 Å². The molecule has 16 heavy (non-hydrogen) atoms. The first-order chi connectivity index (χ1) is 7.36. The molecule has 1 rings (SSSR count). The first-order valence-corrected chi connectivity index (χ1v) is 4.47. The molecule has 2 nitrogen and oxygen atoms in total. The van der Waals surface area contributed by atoms with Crippen LogP contribution >= 0.6 is 0 Å². The van der Waals surface area contributed by atoms with E-state index in [0.717, 1.165) is 6.07 Å². The maximum Gasteiger partial charge on any atom is 0.419 e. The summed E-state index contributed by atoms with van der Waals surface area (Å²) in [5, 5.41) is 0. The second kappa shape index (κ2) is 4.80. The van der Waals surface area contributed by atoms with Crippen LogP contribution in [0.25, 0.3) is 0 Å². The first-order valence-electron chi connectivity index (χ1n) is 4.47. The lowest BCUT2D eigenvalue weighted by atomic mass is 10.0. The minimum atomic E-state index is -4.72. The van der Waals surface area contributed by atoms with Gasteiger partial charge < -0.3 is 10.5 Å². The molecule has 0 saturated carbocycles. The summed E-state index contributed by atoms with van der Waals surface area (Å²) in [5.41, 5.74) is 4.43. The molecule has 0 amide bonds. The van der Waals surface area contributed by atoms with Crippen LogP contribution in [0.4, 0.5) is 17.6 Å². The third-order valence-electron chi connectivity index (χ3n) is 2.07. The minimum absolute atomic E-state index is 0.0724. The molecule has 90 valence electrons. The van der Waals surface area contributed by atoms with Crippen LogP contribution in [0.3, 0.4) is 0 Å². The van der Waals surface area contributed by atoms with Gasteiger partial charge in [0.05, 0.1) is 18.2 Å². The maximum absolute atomic E-state index is 12.9. The predicted octanol–water partition coefficient (Wildman–Crippen LogP) is 2.49. The number of hydrogen-bond donors (Lipinski definition) is 1. The van der Waals surface area contributed by atoms with Gasteiger partial charge in [0.15, 0.2) is 0 Å². The lowest BCUT2D eigenvalue weighted by Crippen LogP contribution is -2.18. The Hall–Kier alpha value is -1.14.